The number of primary amides is 1. The molecule has 0 saturated carbocycles. The summed E-state index contributed by atoms with van der Waals surface area (Å²) in [4.78, 5) is 43.4. The number of hydrogen-bond donors (Lipinski definition) is 2. The van der Waals surface area contributed by atoms with E-state index in [2.05, 4.69) is 15.3 Å². The normalized spacial score (nSPS) is 12.0. The molecule has 1 aromatic heterocycles. The van der Waals surface area contributed by atoms with Crippen molar-refractivity contribution in [1.82, 2.24) is 15.3 Å². The highest BCUT2D eigenvalue weighted by atomic mass is 16.5. The Hall–Kier alpha value is -3.29. The third kappa shape index (κ3) is 5.66. The van der Waals surface area contributed by atoms with Crippen molar-refractivity contribution in [3.8, 4) is 0 Å². The number of ether oxygens (including phenoxy) is 1. The van der Waals surface area contributed by atoms with Crippen LogP contribution in [0.15, 0.2) is 42.6 Å². The second kappa shape index (κ2) is 9.26. The second-order valence-electron chi connectivity index (χ2n) is 5.44. The summed E-state index contributed by atoms with van der Waals surface area (Å²) in [6, 6.07) is 6.60. The maximum Gasteiger partial charge on any atom is 0.330 e. The SMILES string of the molecule is CCOC(=O)/C=C/[C@H](CCC(N)=O)NC(=O)c1cnc2ccccc2n1. The summed E-state index contributed by atoms with van der Waals surface area (Å²) >= 11 is 0. The Morgan fingerprint density at radius 2 is 2.00 bits per heavy atom. The zero-order valence-corrected chi connectivity index (χ0v) is 14.3. The second-order valence-corrected chi connectivity index (χ2v) is 5.44. The number of nitrogens with two attached hydrogens (primary N) is 1. The molecule has 2 rings (SSSR count). The minimum absolute atomic E-state index is 0.0571. The van der Waals surface area contributed by atoms with Gasteiger partial charge in [0, 0.05) is 18.5 Å². The van der Waals surface area contributed by atoms with E-state index < -0.39 is 23.8 Å². The number of nitrogens with one attached hydrogen (secondary N) is 1. The largest absolute Gasteiger partial charge is 0.463 e. The van der Waals surface area contributed by atoms with Gasteiger partial charge in [0.2, 0.25) is 5.91 Å². The van der Waals surface area contributed by atoms with Gasteiger partial charge in [0.25, 0.3) is 5.91 Å². The van der Waals surface area contributed by atoms with Crippen LogP contribution in [0, 0.1) is 0 Å². The molecule has 3 N–H and O–H groups in total. The van der Waals surface area contributed by atoms with Gasteiger partial charge in [-0.3, -0.25) is 14.6 Å². The van der Waals surface area contributed by atoms with Gasteiger partial charge < -0.3 is 15.8 Å². The van der Waals surface area contributed by atoms with E-state index >= 15 is 0 Å². The van der Waals surface area contributed by atoms with Crippen LogP contribution in [0.25, 0.3) is 11.0 Å². The van der Waals surface area contributed by atoms with E-state index in [1.54, 1.807) is 25.1 Å². The Labute approximate surface area is 150 Å². The van der Waals surface area contributed by atoms with Crippen LogP contribution >= 0.6 is 0 Å². The smallest absolute Gasteiger partial charge is 0.330 e. The third-order valence-corrected chi connectivity index (χ3v) is 3.45. The lowest BCUT2D eigenvalue weighted by atomic mass is 10.1. The summed E-state index contributed by atoms with van der Waals surface area (Å²) in [5.74, 6) is -1.50. The first-order chi connectivity index (χ1) is 12.5. The Bertz CT molecular complexity index is 835. The van der Waals surface area contributed by atoms with Gasteiger partial charge in [-0.25, -0.2) is 9.78 Å². The van der Waals surface area contributed by atoms with Crippen molar-refractivity contribution in [3.05, 3.63) is 48.3 Å². The Morgan fingerprint density at radius 3 is 2.69 bits per heavy atom. The minimum atomic E-state index is -0.576. The fraction of sp³-hybridized carbons (Fsp3) is 0.278. The van der Waals surface area contributed by atoms with Crippen LogP contribution < -0.4 is 11.1 Å². The average molecular weight is 356 g/mol. The first kappa shape index (κ1) is 19.0. The minimum Gasteiger partial charge on any atom is -0.463 e. The van der Waals surface area contributed by atoms with Crippen molar-refractivity contribution < 1.29 is 19.1 Å². The average Bonchev–Trinajstić information content (AvgIpc) is 2.63. The van der Waals surface area contributed by atoms with E-state index in [1.165, 1.54) is 18.3 Å². The number of carbonyl (C=O) groups is 3. The number of carbonyl (C=O) groups excluding carboxylic acids is 3. The lowest BCUT2D eigenvalue weighted by Crippen LogP contribution is -2.35. The molecule has 0 bridgehead atoms. The molecule has 0 aliphatic rings. The van der Waals surface area contributed by atoms with Crippen molar-refractivity contribution >= 4 is 28.8 Å². The van der Waals surface area contributed by atoms with E-state index in [9.17, 15) is 14.4 Å². The van der Waals surface area contributed by atoms with Crippen LogP contribution in [0.1, 0.15) is 30.3 Å². The van der Waals surface area contributed by atoms with Gasteiger partial charge in [0.1, 0.15) is 5.69 Å². The number of benzene rings is 1. The number of para-hydroxylation sites is 2. The molecular formula is C18H20N4O4. The zero-order chi connectivity index (χ0) is 18.9. The summed E-state index contributed by atoms with van der Waals surface area (Å²) in [6.07, 6.45) is 4.35. The number of hydrogen-bond acceptors (Lipinski definition) is 6. The maximum atomic E-state index is 12.4. The highest BCUT2D eigenvalue weighted by Gasteiger charge is 2.15. The van der Waals surface area contributed by atoms with Gasteiger partial charge in [-0.1, -0.05) is 18.2 Å². The highest BCUT2D eigenvalue weighted by molar-refractivity contribution is 5.94. The summed E-state index contributed by atoms with van der Waals surface area (Å²) in [5.41, 5.74) is 6.57. The van der Waals surface area contributed by atoms with E-state index in [4.69, 9.17) is 10.5 Å². The lowest BCUT2D eigenvalue weighted by Gasteiger charge is -2.14. The van der Waals surface area contributed by atoms with Crippen LogP contribution in [-0.4, -0.2) is 40.4 Å². The van der Waals surface area contributed by atoms with E-state index in [1.807, 2.05) is 6.07 Å². The number of fused-ring (bicyclic) bond motifs is 1. The van der Waals surface area contributed by atoms with Gasteiger partial charge in [-0.05, 0) is 25.5 Å². The molecule has 0 saturated heterocycles. The number of esters is 1. The Balaban J connectivity index is 2.12. The molecule has 0 fully saturated rings. The molecule has 1 atom stereocenters. The number of rotatable bonds is 8. The van der Waals surface area contributed by atoms with Gasteiger partial charge in [-0.15, -0.1) is 0 Å². The van der Waals surface area contributed by atoms with Crippen LogP contribution in [0.2, 0.25) is 0 Å². The Kier molecular flexibility index (Phi) is 6.78. The summed E-state index contributed by atoms with van der Waals surface area (Å²) < 4.78 is 4.80. The molecule has 0 aliphatic heterocycles. The lowest BCUT2D eigenvalue weighted by molar-refractivity contribution is -0.137. The van der Waals surface area contributed by atoms with E-state index in [0.717, 1.165) is 0 Å². The molecule has 0 unspecified atom stereocenters. The number of nitrogens with zero attached hydrogens (tertiary/aromatic N) is 2. The van der Waals surface area contributed by atoms with Gasteiger partial charge in [0.15, 0.2) is 0 Å². The fourth-order valence-electron chi connectivity index (χ4n) is 2.21. The van der Waals surface area contributed by atoms with E-state index in [-0.39, 0.29) is 25.1 Å². The fourth-order valence-corrected chi connectivity index (χ4v) is 2.21. The molecule has 8 heteroatoms. The molecule has 136 valence electrons. The van der Waals surface area contributed by atoms with Crippen molar-refractivity contribution in [3.63, 3.8) is 0 Å². The molecule has 8 nitrogen and oxygen atoms in total. The molecule has 1 aromatic carbocycles. The van der Waals surface area contributed by atoms with Gasteiger partial charge >= 0.3 is 5.97 Å². The predicted octanol–water partition coefficient (Wildman–Crippen LogP) is 1.11. The van der Waals surface area contributed by atoms with E-state index in [0.29, 0.717) is 11.0 Å². The van der Waals surface area contributed by atoms with Crippen LogP contribution in [0.5, 0.6) is 0 Å². The predicted molar refractivity (Wildman–Crippen MR) is 95.0 cm³/mol. The zero-order valence-electron chi connectivity index (χ0n) is 14.3. The standard InChI is InChI=1S/C18H20N4O4/c1-2-26-17(24)10-8-12(7-9-16(19)23)21-18(25)15-11-20-13-5-3-4-6-14(13)22-15/h3-6,8,10-12H,2,7,9H2,1H3,(H2,19,23)(H,21,25)/b10-8+/t12-/m0/s1. The molecule has 0 spiro atoms. The summed E-state index contributed by atoms with van der Waals surface area (Å²) in [5, 5.41) is 2.71. The van der Waals surface area contributed by atoms with Crippen LogP contribution in [-0.2, 0) is 14.3 Å². The molecule has 1 heterocycles. The molecule has 2 amide bonds. The number of amides is 2. The van der Waals surface area contributed by atoms with Crippen molar-refractivity contribution in [2.75, 3.05) is 6.61 Å². The first-order valence-corrected chi connectivity index (χ1v) is 8.15. The molecule has 0 aliphatic carbocycles. The van der Waals surface area contributed by atoms with Crippen LogP contribution in [0.4, 0.5) is 0 Å². The quantitative estimate of drug-likeness (QED) is 0.539. The van der Waals surface area contributed by atoms with Gasteiger partial charge in [-0.2, -0.15) is 0 Å². The third-order valence-electron chi connectivity index (χ3n) is 3.45. The van der Waals surface area contributed by atoms with Crippen molar-refractivity contribution in [1.29, 1.82) is 0 Å². The molecule has 2 aromatic rings. The molecule has 26 heavy (non-hydrogen) atoms. The molecule has 0 radical (unpaired) electrons. The van der Waals surface area contributed by atoms with Gasteiger partial charge in [0.05, 0.1) is 23.8 Å². The monoisotopic (exact) mass is 356 g/mol. The highest BCUT2D eigenvalue weighted by Crippen LogP contribution is 2.09. The van der Waals surface area contributed by atoms with Crippen molar-refractivity contribution in [2.45, 2.75) is 25.8 Å². The number of aromatic nitrogens is 2. The Morgan fingerprint density at radius 1 is 1.27 bits per heavy atom. The first-order valence-electron chi connectivity index (χ1n) is 8.15. The summed E-state index contributed by atoms with van der Waals surface area (Å²) in [7, 11) is 0. The summed E-state index contributed by atoms with van der Waals surface area (Å²) in [6.45, 7) is 1.94. The van der Waals surface area contributed by atoms with Crippen LogP contribution in [0.3, 0.4) is 0 Å². The maximum absolute atomic E-state index is 12.4. The topological polar surface area (TPSA) is 124 Å². The van der Waals surface area contributed by atoms with Crippen molar-refractivity contribution in [2.24, 2.45) is 5.73 Å². The molecular weight excluding hydrogens is 336 g/mol.